The summed E-state index contributed by atoms with van der Waals surface area (Å²) in [5.41, 5.74) is 0.705. The summed E-state index contributed by atoms with van der Waals surface area (Å²) >= 11 is 1.42. The summed E-state index contributed by atoms with van der Waals surface area (Å²) in [6, 6.07) is 1.96. The molecule has 31 heavy (non-hydrogen) atoms. The van der Waals surface area contributed by atoms with Crippen LogP contribution in [0, 0.1) is 12.3 Å². The van der Waals surface area contributed by atoms with E-state index in [1.54, 1.807) is 6.20 Å². The van der Waals surface area contributed by atoms with Crippen LogP contribution in [0.25, 0.3) is 0 Å². The standard InChI is InChI=1S/C22H31N5O3S/c1-17-13-18(25-30-17)16-26-8-10-27(11-9-26)20(29)15-22(5-3-2-4-6-22)14-19(28)24-21-23-7-12-31-21/h7,12-13H,2-6,8-11,14-16H2,1H3,(H,23,24,28). The number of nitrogens with one attached hydrogen (secondary N) is 1. The number of aromatic nitrogens is 2. The van der Waals surface area contributed by atoms with E-state index >= 15 is 0 Å². The van der Waals surface area contributed by atoms with E-state index in [-0.39, 0.29) is 17.2 Å². The molecular weight excluding hydrogens is 414 g/mol. The van der Waals surface area contributed by atoms with Gasteiger partial charge in [0.25, 0.3) is 0 Å². The maximum atomic E-state index is 13.2. The number of piperazine rings is 1. The Hall–Kier alpha value is -2.26. The van der Waals surface area contributed by atoms with E-state index in [1.165, 1.54) is 17.8 Å². The minimum atomic E-state index is -0.230. The van der Waals surface area contributed by atoms with Crippen molar-refractivity contribution in [3.8, 4) is 0 Å². The van der Waals surface area contributed by atoms with Gasteiger partial charge in [-0.05, 0) is 25.2 Å². The lowest BCUT2D eigenvalue weighted by molar-refractivity contribution is -0.137. The predicted molar refractivity (Wildman–Crippen MR) is 119 cm³/mol. The van der Waals surface area contributed by atoms with Gasteiger partial charge in [-0.2, -0.15) is 0 Å². The van der Waals surface area contributed by atoms with E-state index in [1.807, 2.05) is 23.3 Å². The number of thiazole rings is 1. The van der Waals surface area contributed by atoms with Gasteiger partial charge in [-0.15, -0.1) is 11.3 Å². The smallest absolute Gasteiger partial charge is 0.226 e. The summed E-state index contributed by atoms with van der Waals surface area (Å²) < 4.78 is 5.15. The third-order valence-electron chi connectivity index (χ3n) is 6.44. The van der Waals surface area contributed by atoms with Crippen LogP contribution in [0.3, 0.4) is 0 Å². The second-order valence-electron chi connectivity index (χ2n) is 8.89. The van der Waals surface area contributed by atoms with Crippen LogP contribution < -0.4 is 5.32 Å². The molecule has 2 aliphatic rings. The van der Waals surface area contributed by atoms with Crippen molar-refractivity contribution in [2.45, 2.75) is 58.4 Å². The maximum Gasteiger partial charge on any atom is 0.226 e. The van der Waals surface area contributed by atoms with Crippen LogP contribution in [0.2, 0.25) is 0 Å². The second kappa shape index (κ2) is 9.91. The zero-order valence-corrected chi connectivity index (χ0v) is 19.0. The van der Waals surface area contributed by atoms with Gasteiger partial charge in [0.05, 0.1) is 5.69 Å². The quantitative estimate of drug-likeness (QED) is 0.702. The number of hydrogen-bond acceptors (Lipinski definition) is 7. The number of rotatable bonds is 7. The van der Waals surface area contributed by atoms with Crippen molar-refractivity contribution >= 4 is 28.3 Å². The molecular formula is C22H31N5O3S. The van der Waals surface area contributed by atoms with Crippen molar-refractivity contribution in [3.63, 3.8) is 0 Å². The van der Waals surface area contributed by atoms with Crippen LogP contribution >= 0.6 is 11.3 Å². The number of amides is 2. The first kappa shape index (κ1) is 22.0. The number of anilines is 1. The number of carbonyl (C=O) groups is 2. The molecule has 0 aromatic carbocycles. The number of nitrogens with zero attached hydrogens (tertiary/aromatic N) is 4. The molecule has 4 rings (SSSR count). The normalized spacial score (nSPS) is 19.3. The lowest BCUT2D eigenvalue weighted by atomic mass is 9.69. The van der Waals surface area contributed by atoms with E-state index in [0.29, 0.717) is 18.0 Å². The highest BCUT2D eigenvalue weighted by Gasteiger charge is 2.38. The lowest BCUT2D eigenvalue weighted by Crippen LogP contribution is -2.49. The minimum absolute atomic E-state index is 0.0302. The van der Waals surface area contributed by atoms with Crippen LogP contribution in [0.5, 0.6) is 0 Å². The third kappa shape index (κ3) is 5.92. The van der Waals surface area contributed by atoms with Gasteiger partial charge in [-0.1, -0.05) is 24.4 Å². The third-order valence-corrected chi connectivity index (χ3v) is 7.13. The number of hydrogen-bond donors (Lipinski definition) is 1. The van der Waals surface area contributed by atoms with E-state index < -0.39 is 0 Å². The molecule has 8 nitrogen and oxygen atoms in total. The highest BCUT2D eigenvalue weighted by atomic mass is 32.1. The number of aryl methyl sites for hydroxylation is 1. The molecule has 168 valence electrons. The molecule has 1 aliphatic carbocycles. The van der Waals surface area contributed by atoms with Gasteiger partial charge >= 0.3 is 0 Å². The van der Waals surface area contributed by atoms with Gasteiger partial charge in [0.1, 0.15) is 5.76 Å². The fourth-order valence-corrected chi connectivity index (χ4v) is 5.36. The van der Waals surface area contributed by atoms with Crippen molar-refractivity contribution in [1.29, 1.82) is 0 Å². The van der Waals surface area contributed by atoms with Gasteiger partial charge in [0, 0.05) is 63.2 Å². The summed E-state index contributed by atoms with van der Waals surface area (Å²) in [5.74, 6) is 0.971. The van der Waals surface area contributed by atoms with Crippen molar-refractivity contribution in [2.24, 2.45) is 5.41 Å². The lowest BCUT2D eigenvalue weighted by Gasteiger charge is -2.40. The molecule has 2 amide bonds. The Bertz CT molecular complexity index is 868. The molecule has 0 spiro atoms. The van der Waals surface area contributed by atoms with E-state index in [0.717, 1.165) is 69.9 Å². The predicted octanol–water partition coefficient (Wildman–Crippen LogP) is 3.45. The molecule has 1 saturated carbocycles. The molecule has 2 aromatic heterocycles. The first-order valence-corrected chi connectivity index (χ1v) is 12.0. The Kier molecular flexibility index (Phi) is 7.02. The summed E-state index contributed by atoms with van der Waals surface area (Å²) in [6.45, 7) is 5.74. The van der Waals surface area contributed by atoms with E-state index in [9.17, 15) is 9.59 Å². The molecule has 0 atom stereocenters. The highest BCUT2D eigenvalue weighted by Crippen LogP contribution is 2.43. The average Bonchev–Trinajstić information content (AvgIpc) is 3.40. The SMILES string of the molecule is Cc1cc(CN2CCN(C(=O)CC3(CC(=O)Nc4nccs4)CCCCC3)CC2)no1. The Morgan fingerprint density at radius 1 is 1.16 bits per heavy atom. The minimum Gasteiger partial charge on any atom is -0.361 e. The molecule has 0 radical (unpaired) electrons. The van der Waals surface area contributed by atoms with E-state index in [2.05, 4.69) is 20.4 Å². The van der Waals surface area contributed by atoms with Gasteiger partial charge < -0.3 is 14.7 Å². The van der Waals surface area contributed by atoms with Gasteiger partial charge in [-0.3, -0.25) is 14.5 Å². The van der Waals surface area contributed by atoms with Crippen LogP contribution in [0.4, 0.5) is 5.13 Å². The van der Waals surface area contributed by atoms with Crippen LogP contribution in [0.1, 0.15) is 56.4 Å². The fraction of sp³-hybridized carbons (Fsp3) is 0.636. The van der Waals surface area contributed by atoms with Gasteiger partial charge in [0.15, 0.2) is 5.13 Å². The first-order chi connectivity index (χ1) is 15.0. The highest BCUT2D eigenvalue weighted by molar-refractivity contribution is 7.13. The number of carbonyl (C=O) groups excluding carboxylic acids is 2. The van der Waals surface area contributed by atoms with Crippen LogP contribution in [-0.2, 0) is 16.1 Å². The molecule has 3 heterocycles. The van der Waals surface area contributed by atoms with E-state index in [4.69, 9.17) is 4.52 Å². The summed E-state index contributed by atoms with van der Waals surface area (Å²) in [5, 5.41) is 9.44. The summed E-state index contributed by atoms with van der Waals surface area (Å²) in [4.78, 5) is 34.3. The maximum absolute atomic E-state index is 13.2. The molecule has 2 fully saturated rings. The zero-order valence-electron chi connectivity index (χ0n) is 18.1. The molecule has 1 saturated heterocycles. The largest absolute Gasteiger partial charge is 0.361 e. The average molecular weight is 446 g/mol. The molecule has 0 unspecified atom stereocenters. The van der Waals surface area contributed by atoms with Crippen LogP contribution in [0.15, 0.2) is 22.2 Å². The molecule has 9 heteroatoms. The Morgan fingerprint density at radius 3 is 2.58 bits per heavy atom. The summed E-state index contributed by atoms with van der Waals surface area (Å²) in [7, 11) is 0. The van der Waals surface area contributed by atoms with Gasteiger partial charge in [0.2, 0.25) is 11.8 Å². The Labute approximate surface area is 187 Å². The van der Waals surface area contributed by atoms with Crippen molar-refractivity contribution in [3.05, 3.63) is 29.1 Å². The molecule has 1 N–H and O–H groups in total. The monoisotopic (exact) mass is 445 g/mol. The zero-order chi connectivity index (χ0) is 21.7. The molecule has 1 aliphatic heterocycles. The van der Waals surface area contributed by atoms with Crippen molar-refractivity contribution in [2.75, 3.05) is 31.5 Å². The fourth-order valence-electron chi connectivity index (χ4n) is 4.82. The molecule has 2 aromatic rings. The van der Waals surface area contributed by atoms with Gasteiger partial charge in [-0.25, -0.2) is 4.98 Å². The second-order valence-corrected chi connectivity index (χ2v) is 9.78. The van der Waals surface area contributed by atoms with Crippen molar-refractivity contribution in [1.82, 2.24) is 19.9 Å². The van der Waals surface area contributed by atoms with Crippen LogP contribution in [-0.4, -0.2) is 57.9 Å². The first-order valence-electron chi connectivity index (χ1n) is 11.1. The van der Waals surface area contributed by atoms with Crippen molar-refractivity contribution < 1.29 is 14.1 Å². The molecule has 0 bridgehead atoms. The topological polar surface area (TPSA) is 91.6 Å². The summed E-state index contributed by atoms with van der Waals surface area (Å²) in [6.07, 6.45) is 7.77. The Balaban J connectivity index is 1.30. The Morgan fingerprint density at radius 2 is 1.94 bits per heavy atom.